The van der Waals surface area contributed by atoms with Gasteiger partial charge in [-0.25, -0.2) is 4.39 Å². The average molecular weight is 302 g/mol. The summed E-state index contributed by atoms with van der Waals surface area (Å²) < 4.78 is 19.2. The maximum atomic E-state index is 13.4. The first-order valence-corrected chi connectivity index (χ1v) is 6.75. The van der Waals surface area contributed by atoms with Crippen LogP contribution >= 0.6 is 15.9 Å². The van der Waals surface area contributed by atoms with Gasteiger partial charge in [-0.1, -0.05) is 12.1 Å². The summed E-state index contributed by atoms with van der Waals surface area (Å²) in [6.45, 7) is 1.64. The third kappa shape index (κ3) is 3.27. The van der Waals surface area contributed by atoms with E-state index in [1.165, 1.54) is 6.07 Å². The fourth-order valence-electron chi connectivity index (χ4n) is 2.28. The Bertz CT molecular complexity index is 380. The summed E-state index contributed by atoms with van der Waals surface area (Å²) in [5.41, 5.74) is 7.02. The summed E-state index contributed by atoms with van der Waals surface area (Å²) in [5, 5.41) is 0. The summed E-state index contributed by atoms with van der Waals surface area (Å²) in [6, 6.07) is 4.92. The maximum absolute atomic E-state index is 13.4. The number of ether oxygens (including phenoxy) is 1. The molecule has 0 spiro atoms. The molecular weight excluding hydrogens is 285 g/mol. The molecule has 1 aliphatic rings. The van der Waals surface area contributed by atoms with Crippen molar-refractivity contribution in [2.24, 2.45) is 11.7 Å². The molecule has 1 fully saturated rings. The molecule has 0 radical (unpaired) electrons. The zero-order chi connectivity index (χ0) is 12.3. The highest BCUT2D eigenvalue weighted by Crippen LogP contribution is 2.31. The highest BCUT2D eigenvalue weighted by molar-refractivity contribution is 9.10. The molecule has 1 aliphatic heterocycles. The first-order chi connectivity index (χ1) is 8.18. The van der Waals surface area contributed by atoms with Gasteiger partial charge in [0, 0.05) is 19.3 Å². The first kappa shape index (κ1) is 13.0. The number of hydrogen-bond acceptors (Lipinski definition) is 2. The Morgan fingerprint density at radius 3 is 2.82 bits per heavy atom. The lowest BCUT2D eigenvalue weighted by Crippen LogP contribution is -2.21. The normalized spacial score (nSPS) is 19.2. The van der Waals surface area contributed by atoms with Crippen LogP contribution < -0.4 is 5.73 Å². The molecule has 0 amide bonds. The number of hydrogen-bond donors (Lipinski definition) is 1. The molecule has 0 aliphatic carbocycles. The predicted octanol–water partition coefficient (Wildman–Crippen LogP) is 3.40. The van der Waals surface area contributed by atoms with Crippen LogP contribution in [0.3, 0.4) is 0 Å². The molecule has 0 saturated carbocycles. The average Bonchev–Trinajstić information content (AvgIpc) is 2.34. The number of halogens is 2. The lowest BCUT2D eigenvalue weighted by molar-refractivity contribution is 0.0618. The number of benzene rings is 1. The Morgan fingerprint density at radius 1 is 1.41 bits per heavy atom. The molecule has 1 heterocycles. The van der Waals surface area contributed by atoms with Crippen molar-refractivity contribution in [2.75, 3.05) is 13.2 Å². The SMILES string of the molecule is NC(CC1CCOCC1)c1cccc(F)c1Br. The number of nitrogens with two attached hydrogens (primary N) is 1. The van der Waals surface area contributed by atoms with Crippen LogP contribution in [-0.4, -0.2) is 13.2 Å². The van der Waals surface area contributed by atoms with E-state index in [9.17, 15) is 4.39 Å². The molecule has 94 valence electrons. The Balaban J connectivity index is 2.03. The van der Waals surface area contributed by atoms with Gasteiger partial charge >= 0.3 is 0 Å². The second-order valence-electron chi connectivity index (χ2n) is 4.54. The second kappa shape index (κ2) is 5.94. The fourth-order valence-corrected chi connectivity index (χ4v) is 2.83. The van der Waals surface area contributed by atoms with Gasteiger partial charge in [0.05, 0.1) is 4.47 Å². The Hall–Kier alpha value is -0.450. The molecule has 0 bridgehead atoms. The van der Waals surface area contributed by atoms with Gasteiger partial charge in [-0.05, 0) is 52.7 Å². The highest BCUT2D eigenvalue weighted by atomic mass is 79.9. The van der Waals surface area contributed by atoms with Gasteiger partial charge in [0.25, 0.3) is 0 Å². The lowest BCUT2D eigenvalue weighted by Gasteiger charge is -2.25. The molecule has 17 heavy (non-hydrogen) atoms. The fraction of sp³-hybridized carbons (Fsp3) is 0.538. The van der Waals surface area contributed by atoms with Crippen LogP contribution in [0.25, 0.3) is 0 Å². The molecule has 1 unspecified atom stereocenters. The van der Waals surface area contributed by atoms with E-state index in [1.54, 1.807) is 6.07 Å². The molecule has 4 heteroatoms. The van der Waals surface area contributed by atoms with Crippen molar-refractivity contribution in [3.05, 3.63) is 34.1 Å². The monoisotopic (exact) mass is 301 g/mol. The highest BCUT2D eigenvalue weighted by Gasteiger charge is 2.20. The van der Waals surface area contributed by atoms with Crippen molar-refractivity contribution in [1.82, 2.24) is 0 Å². The van der Waals surface area contributed by atoms with E-state index in [4.69, 9.17) is 10.5 Å². The third-order valence-corrected chi connectivity index (χ3v) is 4.15. The smallest absolute Gasteiger partial charge is 0.137 e. The van der Waals surface area contributed by atoms with Gasteiger partial charge < -0.3 is 10.5 Å². The largest absolute Gasteiger partial charge is 0.381 e. The zero-order valence-electron chi connectivity index (χ0n) is 9.66. The topological polar surface area (TPSA) is 35.2 Å². The molecule has 2 nitrogen and oxygen atoms in total. The summed E-state index contributed by atoms with van der Waals surface area (Å²) in [6.07, 6.45) is 3.01. The number of rotatable bonds is 3. The van der Waals surface area contributed by atoms with Crippen molar-refractivity contribution in [3.8, 4) is 0 Å². The minimum Gasteiger partial charge on any atom is -0.381 e. The molecule has 2 rings (SSSR count). The summed E-state index contributed by atoms with van der Waals surface area (Å²) in [4.78, 5) is 0. The van der Waals surface area contributed by atoms with Crippen LogP contribution in [0.15, 0.2) is 22.7 Å². The van der Waals surface area contributed by atoms with Crippen molar-refractivity contribution in [1.29, 1.82) is 0 Å². The molecule has 1 saturated heterocycles. The molecule has 0 aromatic heterocycles. The van der Waals surface area contributed by atoms with E-state index in [2.05, 4.69) is 15.9 Å². The van der Waals surface area contributed by atoms with E-state index >= 15 is 0 Å². The predicted molar refractivity (Wildman–Crippen MR) is 69.2 cm³/mol. The lowest BCUT2D eigenvalue weighted by atomic mass is 9.90. The quantitative estimate of drug-likeness (QED) is 0.928. The molecule has 1 aromatic carbocycles. The van der Waals surface area contributed by atoms with Crippen molar-refractivity contribution < 1.29 is 9.13 Å². The molecular formula is C13H17BrFNO. The Morgan fingerprint density at radius 2 is 2.12 bits per heavy atom. The Kier molecular flexibility index (Phi) is 4.54. The van der Waals surface area contributed by atoms with Crippen LogP contribution in [0, 0.1) is 11.7 Å². The van der Waals surface area contributed by atoms with E-state index in [1.807, 2.05) is 6.07 Å². The maximum Gasteiger partial charge on any atom is 0.137 e. The Labute approximate surface area is 109 Å². The van der Waals surface area contributed by atoms with Gasteiger partial charge in [-0.3, -0.25) is 0 Å². The van der Waals surface area contributed by atoms with Gasteiger partial charge in [0.1, 0.15) is 5.82 Å². The van der Waals surface area contributed by atoms with E-state index < -0.39 is 0 Å². The molecule has 1 atom stereocenters. The van der Waals surface area contributed by atoms with Crippen LogP contribution in [-0.2, 0) is 4.74 Å². The standard InChI is InChI=1S/C13H17BrFNO/c14-13-10(2-1-3-11(13)15)12(16)8-9-4-6-17-7-5-9/h1-3,9,12H,4-8,16H2. The summed E-state index contributed by atoms with van der Waals surface area (Å²) >= 11 is 3.27. The van der Waals surface area contributed by atoms with Crippen molar-refractivity contribution >= 4 is 15.9 Å². The summed E-state index contributed by atoms with van der Waals surface area (Å²) in [7, 11) is 0. The van der Waals surface area contributed by atoms with Crippen LogP contribution in [0.4, 0.5) is 4.39 Å². The van der Waals surface area contributed by atoms with E-state index in [0.29, 0.717) is 10.4 Å². The minimum atomic E-state index is -0.245. The van der Waals surface area contributed by atoms with E-state index in [0.717, 1.165) is 38.0 Å². The van der Waals surface area contributed by atoms with Crippen LogP contribution in [0.5, 0.6) is 0 Å². The third-order valence-electron chi connectivity index (χ3n) is 3.31. The van der Waals surface area contributed by atoms with Crippen molar-refractivity contribution in [2.45, 2.75) is 25.3 Å². The van der Waals surface area contributed by atoms with Gasteiger partial charge in [-0.2, -0.15) is 0 Å². The first-order valence-electron chi connectivity index (χ1n) is 5.95. The van der Waals surface area contributed by atoms with Crippen LogP contribution in [0.1, 0.15) is 30.9 Å². The van der Waals surface area contributed by atoms with E-state index in [-0.39, 0.29) is 11.9 Å². The van der Waals surface area contributed by atoms with Crippen molar-refractivity contribution in [3.63, 3.8) is 0 Å². The molecule has 1 aromatic rings. The zero-order valence-corrected chi connectivity index (χ0v) is 11.2. The van der Waals surface area contributed by atoms with Gasteiger partial charge in [0.2, 0.25) is 0 Å². The van der Waals surface area contributed by atoms with Gasteiger partial charge in [0.15, 0.2) is 0 Å². The minimum absolute atomic E-state index is 0.108. The second-order valence-corrected chi connectivity index (χ2v) is 5.33. The van der Waals surface area contributed by atoms with Gasteiger partial charge in [-0.15, -0.1) is 0 Å². The van der Waals surface area contributed by atoms with Crippen LogP contribution in [0.2, 0.25) is 0 Å². The summed E-state index contributed by atoms with van der Waals surface area (Å²) in [5.74, 6) is 0.346. The molecule has 2 N–H and O–H groups in total.